The summed E-state index contributed by atoms with van der Waals surface area (Å²) in [6, 6.07) is 0. The summed E-state index contributed by atoms with van der Waals surface area (Å²) in [7, 11) is 0. The van der Waals surface area contributed by atoms with Gasteiger partial charge in [-0.05, 0) is 37.7 Å². The second-order valence-electron chi connectivity index (χ2n) is 3.92. The van der Waals surface area contributed by atoms with Crippen LogP contribution >= 0.6 is 0 Å². The fourth-order valence-corrected chi connectivity index (χ4v) is 1.94. The van der Waals surface area contributed by atoms with Gasteiger partial charge in [0.1, 0.15) is 0 Å². The minimum atomic E-state index is -0.718. The quantitative estimate of drug-likeness (QED) is 0.657. The molecule has 13 heavy (non-hydrogen) atoms. The van der Waals surface area contributed by atoms with Crippen molar-refractivity contribution in [2.75, 3.05) is 6.54 Å². The van der Waals surface area contributed by atoms with Gasteiger partial charge in [0, 0.05) is 6.54 Å². The molecule has 1 rings (SSSR count). The lowest BCUT2D eigenvalue weighted by atomic mass is 9.88. The van der Waals surface area contributed by atoms with Crippen LogP contribution in [0.25, 0.3) is 0 Å². The largest absolute Gasteiger partial charge is 0.384 e. The molecule has 2 nitrogen and oxygen atoms in total. The number of aliphatic hydroxyl groups is 1. The van der Waals surface area contributed by atoms with E-state index in [4.69, 9.17) is 5.73 Å². The predicted octanol–water partition coefficient (Wildman–Crippen LogP) is 1.98. The molecule has 0 amide bonds. The molecule has 0 radical (unpaired) electrons. The Morgan fingerprint density at radius 3 is 2.85 bits per heavy atom. The molecule has 3 N–H and O–H groups in total. The van der Waals surface area contributed by atoms with Crippen LogP contribution in [0.1, 0.15) is 45.4 Å². The van der Waals surface area contributed by atoms with Crippen LogP contribution in [0.2, 0.25) is 0 Å². The van der Waals surface area contributed by atoms with Gasteiger partial charge in [-0.1, -0.05) is 19.4 Å². The Balaban J connectivity index is 2.71. The van der Waals surface area contributed by atoms with E-state index in [1.807, 2.05) is 6.92 Å². The first-order valence-corrected chi connectivity index (χ1v) is 5.35. The molecule has 1 aliphatic carbocycles. The maximum absolute atomic E-state index is 10.2. The normalized spacial score (nSPS) is 23.2. The third-order valence-corrected chi connectivity index (χ3v) is 3.06. The van der Waals surface area contributed by atoms with Gasteiger partial charge in [0.25, 0.3) is 0 Å². The van der Waals surface area contributed by atoms with E-state index in [0.29, 0.717) is 6.54 Å². The summed E-state index contributed by atoms with van der Waals surface area (Å²) in [5, 5.41) is 10.2. The molecule has 1 unspecified atom stereocenters. The van der Waals surface area contributed by atoms with Crippen molar-refractivity contribution in [1.29, 1.82) is 0 Å². The summed E-state index contributed by atoms with van der Waals surface area (Å²) < 4.78 is 0. The highest BCUT2D eigenvalue weighted by Gasteiger charge is 2.27. The Morgan fingerprint density at radius 2 is 2.23 bits per heavy atom. The van der Waals surface area contributed by atoms with E-state index in [1.54, 1.807) is 0 Å². The van der Waals surface area contributed by atoms with Crippen molar-refractivity contribution in [2.45, 2.75) is 51.0 Å². The van der Waals surface area contributed by atoms with Crippen molar-refractivity contribution >= 4 is 0 Å². The van der Waals surface area contributed by atoms with Crippen LogP contribution in [0.3, 0.4) is 0 Å². The molecular formula is C11H21NO. The summed E-state index contributed by atoms with van der Waals surface area (Å²) in [6.45, 7) is 2.36. The SMILES string of the molecule is CCC(O)(CN)C1=CCCCCC1. The van der Waals surface area contributed by atoms with Crippen LogP contribution < -0.4 is 5.73 Å². The fraction of sp³-hybridized carbons (Fsp3) is 0.818. The maximum atomic E-state index is 10.2. The highest BCUT2D eigenvalue weighted by Crippen LogP contribution is 2.28. The van der Waals surface area contributed by atoms with Gasteiger partial charge in [-0.25, -0.2) is 0 Å². The van der Waals surface area contributed by atoms with Crippen LogP contribution in [-0.2, 0) is 0 Å². The Morgan fingerprint density at radius 1 is 1.46 bits per heavy atom. The number of nitrogens with two attached hydrogens (primary N) is 1. The van der Waals surface area contributed by atoms with Gasteiger partial charge in [-0.3, -0.25) is 0 Å². The highest BCUT2D eigenvalue weighted by molar-refractivity contribution is 5.18. The highest BCUT2D eigenvalue weighted by atomic mass is 16.3. The van der Waals surface area contributed by atoms with Gasteiger partial charge < -0.3 is 10.8 Å². The third-order valence-electron chi connectivity index (χ3n) is 3.06. The number of hydrogen-bond acceptors (Lipinski definition) is 2. The minimum absolute atomic E-state index is 0.356. The van der Waals surface area contributed by atoms with Crippen molar-refractivity contribution in [3.8, 4) is 0 Å². The second-order valence-corrected chi connectivity index (χ2v) is 3.92. The molecule has 76 valence electrons. The number of allylic oxidation sites excluding steroid dienone is 1. The topological polar surface area (TPSA) is 46.2 Å². The molecule has 0 aromatic carbocycles. The van der Waals surface area contributed by atoms with E-state index in [-0.39, 0.29) is 0 Å². The lowest BCUT2D eigenvalue weighted by Gasteiger charge is -2.28. The molecule has 0 aromatic heterocycles. The van der Waals surface area contributed by atoms with Crippen molar-refractivity contribution in [3.63, 3.8) is 0 Å². The Hall–Kier alpha value is -0.340. The zero-order valence-corrected chi connectivity index (χ0v) is 8.55. The summed E-state index contributed by atoms with van der Waals surface area (Å²) in [5.74, 6) is 0. The smallest absolute Gasteiger partial charge is 0.0975 e. The van der Waals surface area contributed by atoms with E-state index >= 15 is 0 Å². The first-order chi connectivity index (χ1) is 6.23. The molecule has 0 bridgehead atoms. The molecule has 0 spiro atoms. The molecule has 0 saturated carbocycles. The number of hydrogen-bond donors (Lipinski definition) is 2. The Bertz CT molecular complexity index is 183. The van der Waals surface area contributed by atoms with Crippen LogP contribution in [0.5, 0.6) is 0 Å². The number of rotatable bonds is 3. The average Bonchev–Trinajstić information content (AvgIpc) is 2.45. The van der Waals surface area contributed by atoms with Crippen molar-refractivity contribution < 1.29 is 5.11 Å². The molecule has 1 atom stereocenters. The zero-order valence-electron chi connectivity index (χ0n) is 8.55. The van der Waals surface area contributed by atoms with E-state index < -0.39 is 5.60 Å². The summed E-state index contributed by atoms with van der Waals surface area (Å²) in [4.78, 5) is 0. The molecule has 0 aromatic rings. The monoisotopic (exact) mass is 183 g/mol. The third kappa shape index (κ3) is 2.55. The van der Waals surface area contributed by atoms with E-state index in [9.17, 15) is 5.11 Å². The van der Waals surface area contributed by atoms with Gasteiger partial charge in [0.05, 0.1) is 5.60 Å². The lowest BCUT2D eigenvalue weighted by Crippen LogP contribution is -2.39. The van der Waals surface area contributed by atoms with Gasteiger partial charge in [0.15, 0.2) is 0 Å². The molecule has 1 aliphatic rings. The van der Waals surface area contributed by atoms with E-state index in [2.05, 4.69) is 6.08 Å². The van der Waals surface area contributed by atoms with Crippen molar-refractivity contribution in [3.05, 3.63) is 11.6 Å². The van der Waals surface area contributed by atoms with E-state index in [1.165, 1.54) is 24.8 Å². The van der Waals surface area contributed by atoms with Crippen LogP contribution in [0, 0.1) is 0 Å². The van der Waals surface area contributed by atoms with Gasteiger partial charge in [-0.2, -0.15) is 0 Å². The van der Waals surface area contributed by atoms with Gasteiger partial charge in [0.2, 0.25) is 0 Å². The molecule has 0 saturated heterocycles. The van der Waals surface area contributed by atoms with Crippen LogP contribution in [0.15, 0.2) is 11.6 Å². The van der Waals surface area contributed by atoms with Gasteiger partial charge in [-0.15, -0.1) is 0 Å². The lowest BCUT2D eigenvalue weighted by molar-refractivity contribution is 0.0792. The van der Waals surface area contributed by atoms with Crippen LogP contribution in [0.4, 0.5) is 0 Å². The predicted molar refractivity (Wildman–Crippen MR) is 55.5 cm³/mol. The van der Waals surface area contributed by atoms with E-state index in [0.717, 1.165) is 19.3 Å². The first kappa shape index (κ1) is 10.7. The standard InChI is InChI=1S/C11H21NO/c1-2-11(13,9-12)10-7-5-3-4-6-8-10/h7,13H,2-6,8-9,12H2,1H3. The molecule has 2 heteroatoms. The van der Waals surface area contributed by atoms with Crippen molar-refractivity contribution in [1.82, 2.24) is 0 Å². The van der Waals surface area contributed by atoms with Crippen LogP contribution in [-0.4, -0.2) is 17.3 Å². The Kier molecular flexibility index (Phi) is 3.94. The molecule has 0 aliphatic heterocycles. The fourth-order valence-electron chi connectivity index (χ4n) is 1.94. The zero-order chi connectivity index (χ0) is 9.73. The first-order valence-electron chi connectivity index (χ1n) is 5.35. The maximum Gasteiger partial charge on any atom is 0.0975 e. The second kappa shape index (κ2) is 4.77. The Labute approximate surface area is 80.8 Å². The molecular weight excluding hydrogens is 162 g/mol. The average molecular weight is 183 g/mol. The van der Waals surface area contributed by atoms with Crippen molar-refractivity contribution in [2.24, 2.45) is 5.73 Å². The molecule has 0 heterocycles. The molecule has 0 fully saturated rings. The van der Waals surface area contributed by atoms with Gasteiger partial charge >= 0.3 is 0 Å². The summed E-state index contributed by atoms with van der Waals surface area (Å²) >= 11 is 0. The minimum Gasteiger partial charge on any atom is -0.384 e. The summed E-state index contributed by atoms with van der Waals surface area (Å²) in [5.41, 5.74) is 6.07. The summed E-state index contributed by atoms with van der Waals surface area (Å²) in [6.07, 6.45) is 8.81.